The number of ether oxygens (including phenoxy) is 1. The molecule has 4 heteroatoms. The molecule has 0 aliphatic carbocycles. The fourth-order valence-electron chi connectivity index (χ4n) is 1.74. The number of rotatable bonds is 3. The number of thiophene rings is 1. The zero-order valence-electron chi connectivity index (χ0n) is 10.5. The van der Waals surface area contributed by atoms with Gasteiger partial charge in [-0.05, 0) is 23.1 Å². The van der Waals surface area contributed by atoms with E-state index in [-0.39, 0.29) is 0 Å². The largest absolute Gasteiger partial charge is 0.401 e. The molecule has 0 radical (unpaired) electrons. The highest BCUT2D eigenvalue weighted by molar-refractivity contribution is 7.12. The number of hydrogen-bond donors (Lipinski definition) is 0. The lowest BCUT2D eigenvalue weighted by Crippen LogP contribution is -2.03. The average molecular weight is 281 g/mol. The van der Waals surface area contributed by atoms with Crippen LogP contribution in [0.1, 0.15) is 10.4 Å². The van der Waals surface area contributed by atoms with E-state index in [1.165, 1.54) is 11.3 Å². The van der Waals surface area contributed by atoms with Gasteiger partial charge in [-0.1, -0.05) is 48.6 Å². The fourth-order valence-corrected chi connectivity index (χ4v) is 2.39. The molecular weight excluding hydrogens is 270 g/mol. The van der Waals surface area contributed by atoms with Crippen LogP contribution < -0.4 is 0 Å². The molecule has 1 aromatic carbocycles. The minimum Gasteiger partial charge on any atom is -0.401 e. The summed E-state index contributed by atoms with van der Waals surface area (Å²) in [4.78, 5) is 16.8. The number of cyclic esters (lactones) is 1. The molecule has 0 spiro atoms. The SMILES string of the molecule is O=C1OC(c2cccs2)=N/C1=C\C=C\c1ccccc1. The Morgan fingerprint density at radius 3 is 2.70 bits per heavy atom. The monoisotopic (exact) mass is 281 g/mol. The van der Waals surface area contributed by atoms with Crippen molar-refractivity contribution in [1.82, 2.24) is 0 Å². The Morgan fingerprint density at radius 2 is 1.95 bits per heavy atom. The van der Waals surface area contributed by atoms with Crippen LogP contribution in [0.5, 0.6) is 0 Å². The summed E-state index contributed by atoms with van der Waals surface area (Å²) in [6.45, 7) is 0. The number of allylic oxidation sites excluding steroid dienone is 2. The fraction of sp³-hybridized carbons (Fsp3) is 0. The Morgan fingerprint density at radius 1 is 1.10 bits per heavy atom. The van der Waals surface area contributed by atoms with Crippen LogP contribution in [-0.2, 0) is 9.53 Å². The second-order valence-electron chi connectivity index (χ2n) is 4.11. The van der Waals surface area contributed by atoms with Gasteiger partial charge in [0.25, 0.3) is 0 Å². The van der Waals surface area contributed by atoms with E-state index >= 15 is 0 Å². The normalized spacial score (nSPS) is 16.7. The van der Waals surface area contributed by atoms with Gasteiger partial charge in [0.05, 0.1) is 4.88 Å². The van der Waals surface area contributed by atoms with E-state index in [2.05, 4.69) is 4.99 Å². The number of carbonyl (C=O) groups excluding carboxylic acids is 1. The third-order valence-electron chi connectivity index (χ3n) is 2.69. The maximum Gasteiger partial charge on any atom is 0.363 e. The number of esters is 1. The molecule has 0 saturated heterocycles. The van der Waals surface area contributed by atoms with E-state index in [1.54, 1.807) is 12.2 Å². The molecule has 20 heavy (non-hydrogen) atoms. The van der Waals surface area contributed by atoms with Gasteiger partial charge in [-0.15, -0.1) is 11.3 Å². The summed E-state index contributed by atoms with van der Waals surface area (Å²) in [5.74, 6) is -0.0320. The summed E-state index contributed by atoms with van der Waals surface area (Å²) < 4.78 is 5.14. The molecule has 0 fully saturated rings. The van der Waals surface area contributed by atoms with Crippen LogP contribution in [0.2, 0.25) is 0 Å². The predicted molar refractivity (Wildman–Crippen MR) is 80.5 cm³/mol. The highest BCUT2D eigenvalue weighted by Crippen LogP contribution is 2.19. The zero-order valence-corrected chi connectivity index (χ0v) is 11.3. The topological polar surface area (TPSA) is 38.7 Å². The van der Waals surface area contributed by atoms with Crippen molar-refractivity contribution < 1.29 is 9.53 Å². The summed E-state index contributed by atoms with van der Waals surface area (Å²) in [5.41, 5.74) is 1.39. The summed E-state index contributed by atoms with van der Waals surface area (Å²) >= 11 is 1.49. The Hall–Kier alpha value is -2.46. The quantitative estimate of drug-likeness (QED) is 0.636. The van der Waals surface area contributed by atoms with Crippen molar-refractivity contribution >= 4 is 29.3 Å². The van der Waals surface area contributed by atoms with Gasteiger partial charge in [-0.25, -0.2) is 9.79 Å². The first kappa shape index (κ1) is 12.6. The summed E-state index contributed by atoms with van der Waals surface area (Å²) in [6.07, 6.45) is 5.38. The van der Waals surface area contributed by atoms with Gasteiger partial charge in [-0.2, -0.15) is 0 Å². The number of carbonyl (C=O) groups is 1. The van der Waals surface area contributed by atoms with Gasteiger partial charge >= 0.3 is 5.97 Å². The molecule has 1 aliphatic heterocycles. The average Bonchev–Trinajstić information content (AvgIpc) is 3.10. The molecule has 1 aromatic heterocycles. The molecule has 2 aromatic rings. The molecular formula is C16H11NO2S. The molecule has 1 aliphatic rings. The van der Waals surface area contributed by atoms with Crippen molar-refractivity contribution in [2.75, 3.05) is 0 Å². The van der Waals surface area contributed by atoms with Crippen LogP contribution in [0.15, 0.2) is 70.7 Å². The maximum absolute atomic E-state index is 11.7. The lowest BCUT2D eigenvalue weighted by Gasteiger charge is -1.92. The molecule has 3 rings (SSSR count). The van der Waals surface area contributed by atoms with E-state index in [9.17, 15) is 4.79 Å². The third kappa shape index (κ3) is 2.75. The Bertz CT molecular complexity index is 697. The smallest absolute Gasteiger partial charge is 0.363 e. The van der Waals surface area contributed by atoms with Gasteiger partial charge in [0.1, 0.15) is 0 Å². The standard InChI is InChI=1S/C16H11NO2S/c18-16-13(9-4-8-12-6-2-1-3-7-12)17-15(19-16)14-10-5-11-20-14/h1-11H/b8-4+,13-9-. The van der Waals surface area contributed by atoms with Gasteiger partial charge in [0.15, 0.2) is 5.70 Å². The first-order valence-electron chi connectivity index (χ1n) is 6.11. The van der Waals surface area contributed by atoms with Gasteiger partial charge in [-0.3, -0.25) is 0 Å². The van der Waals surface area contributed by atoms with Crippen LogP contribution in [0.4, 0.5) is 0 Å². The molecule has 2 heterocycles. The van der Waals surface area contributed by atoms with Crippen molar-refractivity contribution in [3.63, 3.8) is 0 Å². The number of hydrogen-bond acceptors (Lipinski definition) is 4. The highest BCUT2D eigenvalue weighted by atomic mass is 32.1. The number of nitrogens with zero attached hydrogens (tertiary/aromatic N) is 1. The first-order chi connectivity index (χ1) is 9.83. The Balaban J connectivity index is 1.78. The first-order valence-corrected chi connectivity index (χ1v) is 6.99. The maximum atomic E-state index is 11.7. The van der Waals surface area contributed by atoms with Crippen molar-refractivity contribution in [2.24, 2.45) is 4.99 Å². The van der Waals surface area contributed by atoms with E-state index in [0.29, 0.717) is 11.6 Å². The number of benzene rings is 1. The van der Waals surface area contributed by atoms with Gasteiger partial charge in [0.2, 0.25) is 5.90 Å². The van der Waals surface area contributed by atoms with Crippen LogP contribution in [0.25, 0.3) is 6.08 Å². The van der Waals surface area contributed by atoms with Gasteiger partial charge in [0, 0.05) is 0 Å². The highest BCUT2D eigenvalue weighted by Gasteiger charge is 2.23. The minimum atomic E-state index is -0.411. The molecule has 0 N–H and O–H groups in total. The molecule has 0 unspecified atom stereocenters. The Kier molecular flexibility index (Phi) is 3.56. The van der Waals surface area contributed by atoms with Crippen LogP contribution in [-0.4, -0.2) is 11.9 Å². The Labute approximate surface area is 120 Å². The lowest BCUT2D eigenvalue weighted by molar-refractivity contribution is -0.130. The van der Waals surface area contributed by atoms with Crippen molar-refractivity contribution in [2.45, 2.75) is 0 Å². The lowest BCUT2D eigenvalue weighted by atomic mass is 10.2. The number of aliphatic imine (C=N–C) groups is 1. The molecule has 98 valence electrons. The van der Waals surface area contributed by atoms with Crippen LogP contribution in [0, 0.1) is 0 Å². The second kappa shape index (κ2) is 5.67. The van der Waals surface area contributed by atoms with E-state index < -0.39 is 5.97 Å². The third-order valence-corrected chi connectivity index (χ3v) is 3.55. The summed E-state index contributed by atoms with van der Waals surface area (Å²) in [6, 6.07) is 13.6. The van der Waals surface area contributed by atoms with E-state index in [4.69, 9.17) is 4.74 Å². The van der Waals surface area contributed by atoms with Crippen molar-refractivity contribution in [3.8, 4) is 0 Å². The molecule has 0 saturated carbocycles. The predicted octanol–water partition coefficient (Wildman–Crippen LogP) is 3.65. The molecule has 3 nitrogen and oxygen atoms in total. The second-order valence-corrected chi connectivity index (χ2v) is 5.05. The summed E-state index contributed by atoms with van der Waals surface area (Å²) in [7, 11) is 0. The minimum absolute atomic E-state index is 0.320. The van der Waals surface area contributed by atoms with Crippen molar-refractivity contribution in [3.05, 3.63) is 76.1 Å². The van der Waals surface area contributed by atoms with E-state index in [1.807, 2.05) is 53.9 Å². The summed E-state index contributed by atoms with van der Waals surface area (Å²) in [5, 5.41) is 1.92. The van der Waals surface area contributed by atoms with E-state index in [0.717, 1.165) is 10.4 Å². The molecule has 0 amide bonds. The van der Waals surface area contributed by atoms with Crippen LogP contribution >= 0.6 is 11.3 Å². The van der Waals surface area contributed by atoms with Crippen LogP contribution in [0.3, 0.4) is 0 Å². The van der Waals surface area contributed by atoms with Gasteiger partial charge < -0.3 is 4.74 Å². The zero-order chi connectivity index (χ0) is 13.8. The van der Waals surface area contributed by atoms with Crippen molar-refractivity contribution in [1.29, 1.82) is 0 Å². The molecule has 0 atom stereocenters. The molecule has 0 bridgehead atoms.